The Morgan fingerprint density at radius 3 is 2.67 bits per heavy atom. The van der Waals surface area contributed by atoms with Crippen LogP contribution in [0.1, 0.15) is 28.2 Å². The van der Waals surface area contributed by atoms with Crippen LogP contribution < -0.4 is 0 Å². The first-order valence-corrected chi connectivity index (χ1v) is 4.00. The maximum Gasteiger partial charge on any atom is 0.337 e. The molecule has 1 heterocycles. The zero-order valence-electron chi connectivity index (χ0n) is 6.56. The fraction of sp³-hybridized carbons (Fsp3) is 0.250. The van der Waals surface area contributed by atoms with Crippen LogP contribution in [0.3, 0.4) is 0 Å². The van der Waals surface area contributed by atoms with Crippen molar-refractivity contribution in [2.24, 2.45) is 0 Å². The van der Waals surface area contributed by atoms with Gasteiger partial charge in [-0.25, -0.2) is 4.79 Å². The van der Waals surface area contributed by atoms with Gasteiger partial charge >= 0.3 is 5.97 Å². The number of aromatic carboxylic acids is 1. The van der Waals surface area contributed by atoms with Crippen molar-refractivity contribution in [3.8, 4) is 0 Å². The molecule has 0 aliphatic carbocycles. The average Bonchev–Trinajstić information content (AvgIpc) is 2.04. The van der Waals surface area contributed by atoms with Crippen LogP contribution in [-0.2, 0) is 0 Å². The summed E-state index contributed by atoms with van der Waals surface area (Å²) in [5.74, 6) is -0.958. The maximum absolute atomic E-state index is 10.4. The highest BCUT2D eigenvalue weighted by molar-refractivity contribution is 7.80. The third-order valence-electron chi connectivity index (χ3n) is 1.46. The first-order valence-electron chi connectivity index (χ1n) is 3.48. The highest BCUT2D eigenvalue weighted by atomic mass is 32.1. The molecule has 0 bridgehead atoms. The fourth-order valence-corrected chi connectivity index (χ4v) is 0.932. The smallest absolute Gasteiger partial charge is 0.337 e. The molecule has 0 saturated heterocycles. The van der Waals surface area contributed by atoms with Gasteiger partial charge in [-0.3, -0.25) is 4.98 Å². The third kappa shape index (κ3) is 1.98. The molecule has 64 valence electrons. The van der Waals surface area contributed by atoms with Crippen molar-refractivity contribution in [1.82, 2.24) is 4.98 Å². The monoisotopic (exact) mass is 183 g/mol. The summed E-state index contributed by atoms with van der Waals surface area (Å²) in [6, 6.07) is 3.19. The summed E-state index contributed by atoms with van der Waals surface area (Å²) in [6.45, 7) is 1.88. The van der Waals surface area contributed by atoms with Gasteiger partial charge in [-0.2, -0.15) is 12.6 Å². The number of aromatic nitrogens is 1. The Kier molecular flexibility index (Phi) is 2.70. The lowest BCUT2D eigenvalue weighted by atomic mass is 10.2. The lowest BCUT2D eigenvalue weighted by Gasteiger charge is -2.02. The van der Waals surface area contributed by atoms with Gasteiger partial charge in [0, 0.05) is 11.4 Å². The van der Waals surface area contributed by atoms with Gasteiger partial charge in [-0.1, -0.05) is 0 Å². The van der Waals surface area contributed by atoms with Gasteiger partial charge in [0.2, 0.25) is 0 Å². The summed E-state index contributed by atoms with van der Waals surface area (Å²) in [6.07, 6.45) is 1.34. The number of carboxylic acids is 1. The zero-order chi connectivity index (χ0) is 9.14. The minimum atomic E-state index is -0.958. The molecular weight excluding hydrogens is 174 g/mol. The molecule has 0 amide bonds. The molecule has 0 fully saturated rings. The first-order chi connectivity index (χ1) is 5.61. The molecule has 1 unspecified atom stereocenters. The zero-order valence-corrected chi connectivity index (χ0v) is 7.45. The van der Waals surface area contributed by atoms with E-state index in [0.717, 1.165) is 5.69 Å². The normalized spacial score (nSPS) is 12.5. The van der Waals surface area contributed by atoms with Crippen molar-refractivity contribution in [3.05, 3.63) is 29.6 Å². The predicted octanol–water partition coefficient (Wildman–Crippen LogP) is 1.77. The van der Waals surface area contributed by atoms with Gasteiger partial charge in [0.05, 0.1) is 11.3 Å². The van der Waals surface area contributed by atoms with Gasteiger partial charge in [0.25, 0.3) is 0 Å². The van der Waals surface area contributed by atoms with Crippen molar-refractivity contribution in [2.45, 2.75) is 12.2 Å². The molecule has 0 aromatic carbocycles. The second kappa shape index (κ2) is 3.58. The lowest BCUT2D eigenvalue weighted by Crippen LogP contribution is -1.98. The van der Waals surface area contributed by atoms with Crippen LogP contribution in [-0.4, -0.2) is 16.1 Å². The lowest BCUT2D eigenvalue weighted by molar-refractivity contribution is 0.0696. The van der Waals surface area contributed by atoms with E-state index in [0.29, 0.717) is 0 Å². The summed E-state index contributed by atoms with van der Waals surface area (Å²) < 4.78 is 0. The minimum absolute atomic E-state index is 0.0350. The van der Waals surface area contributed by atoms with Gasteiger partial charge in [0.15, 0.2) is 0 Å². The van der Waals surface area contributed by atoms with Gasteiger partial charge in [-0.15, -0.1) is 0 Å². The molecule has 0 spiro atoms. The van der Waals surface area contributed by atoms with E-state index >= 15 is 0 Å². The minimum Gasteiger partial charge on any atom is -0.478 e. The summed E-state index contributed by atoms with van der Waals surface area (Å²) in [7, 11) is 0. The molecule has 0 aliphatic heterocycles. The molecule has 3 nitrogen and oxygen atoms in total. The van der Waals surface area contributed by atoms with Crippen LogP contribution in [0.4, 0.5) is 0 Å². The van der Waals surface area contributed by atoms with Gasteiger partial charge < -0.3 is 5.11 Å². The van der Waals surface area contributed by atoms with Crippen LogP contribution in [0.15, 0.2) is 18.3 Å². The Morgan fingerprint density at radius 2 is 2.33 bits per heavy atom. The summed E-state index contributed by atoms with van der Waals surface area (Å²) in [5, 5.41) is 8.59. The van der Waals surface area contributed by atoms with E-state index in [1.54, 1.807) is 6.07 Å². The SMILES string of the molecule is CC(S)c1ccc(C(=O)O)cn1. The highest BCUT2D eigenvalue weighted by Gasteiger charge is 2.04. The molecule has 1 aromatic heterocycles. The summed E-state index contributed by atoms with van der Waals surface area (Å²) >= 11 is 4.16. The second-order valence-corrected chi connectivity index (χ2v) is 3.23. The van der Waals surface area contributed by atoms with Crippen molar-refractivity contribution in [1.29, 1.82) is 0 Å². The van der Waals surface area contributed by atoms with Crippen LogP contribution in [0.5, 0.6) is 0 Å². The average molecular weight is 183 g/mol. The van der Waals surface area contributed by atoms with E-state index in [-0.39, 0.29) is 10.8 Å². The summed E-state index contributed by atoms with van der Waals surface area (Å²) in [4.78, 5) is 14.4. The van der Waals surface area contributed by atoms with Crippen molar-refractivity contribution in [2.75, 3.05) is 0 Å². The Morgan fingerprint density at radius 1 is 1.67 bits per heavy atom. The number of carbonyl (C=O) groups is 1. The molecule has 0 aliphatic rings. The van der Waals surface area contributed by atoms with E-state index in [4.69, 9.17) is 5.11 Å². The number of pyridine rings is 1. The molecule has 0 saturated carbocycles. The molecule has 1 atom stereocenters. The van der Waals surface area contributed by atoms with Crippen LogP contribution in [0, 0.1) is 0 Å². The number of thiol groups is 1. The number of hydrogen-bond acceptors (Lipinski definition) is 3. The van der Waals surface area contributed by atoms with E-state index < -0.39 is 5.97 Å². The highest BCUT2D eigenvalue weighted by Crippen LogP contribution is 2.15. The van der Waals surface area contributed by atoms with Crippen molar-refractivity contribution >= 4 is 18.6 Å². The third-order valence-corrected chi connectivity index (χ3v) is 1.73. The topological polar surface area (TPSA) is 50.2 Å². The Balaban J connectivity index is 2.93. The molecule has 1 aromatic rings. The summed E-state index contributed by atoms with van der Waals surface area (Å²) in [5.41, 5.74) is 0.982. The van der Waals surface area contributed by atoms with Crippen LogP contribution >= 0.6 is 12.6 Å². The second-order valence-electron chi connectivity index (χ2n) is 2.45. The van der Waals surface area contributed by atoms with Gasteiger partial charge in [-0.05, 0) is 19.1 Å². The molecular formula is C8H9NO2S. The molecule has 1 N–H and O–H groups in total. The number of rotatable bonds is 2. The Bertz CT molecular complexity index is 282. The van der Waals surface area contributed by atoms with Crippen LogP contribution in [0.25, 0.3) is 0 Å². The molecule has 12 heavy (non-hydrogen) atoms. The van der Waals surface area contributed by atoms with Crippen LogP contribution in [0.2, 0.25) is 0 Å². The van der Waals surface area contributed by atoms with E-state index in [1.807, 2.05) is 6.92 Å². The largest absolute Gasteiger partial charge is 0.478 e. The Hall–Kier alpha value is -1.03. The molecule has 0 radical (unpaired) electrons. The Labute approximate surface area is 75.9 Å². The standard InChI is InChI=1S/C8H9NO2S/c1-5(12)7-3-2-6(4-9-7)8(10)11/h2-5,12H,1H3,(H,10,11). The van der Waals surface area contributed by atoms with E-state index in [1.165, 1.54) is 12.3 Å². The predicted molar refractivity (Wildman–Crippen MR) is 48.6 cm³/mol. The van der Waals surface area contributed by atoms with Gasteiger partial charge in [0.1, 0.15) is 0 Å². The maximum atomic E-state index is 10.4. The molecule has 1 rings (SSSR count). The first kappa shape index (κ1) is 9.06. The van der Waals surface area contributed by atoms with E-state index in [2.05, 4.69) is 17.6 Å². The number of carboxylic acid groups (broad SMARTS) is 1. The van der Waals surface area contributed by atoms with E-state index in [9.17, 15) is 4.79 Å². The number of hydrogen-bond donors (Lipinski definition) is 2. The van der Waals surface area contributed by atoms with Crippen molar-refractivity contribution in [3.63, 3.8) is 0 Å². The molecule has 4 heteroatoms. The fourth-order valence-electron chi connectivity index (χ4n) is 0.779. The quantitative estimate of drug-likeness (QED) is 0.687. The number of nitrogens with zero attached hydrogens (tertiary/aromatic N) is 1. The van der Waals surface area contributed by atoms with Crippen molar-refractivity contribution < 1.29 is 9.90 Å².